The topological polar surface area (TPSA) is 49.3 Å². The Morgan fingerprint density at radius 1 is 1.08 bits per heavy atom. The minimum Gasteiger partial charge on any atom is -0.366 e. The average Bonchev–Trinajstić information content (AvgIpc) is 2.69. The quantitative estimate of drug-likeness (QED) is 0.712. The number of carbonyl (C=O) groups is 1. The first kappa shape index (κ1) is 15.8. The molecular weight excluding hydrogens is 336 g/mol. The molecule has 0 aliphatic carbocycles. The van der Waals surface area contributed by atoms with Crippen molar-refractivity contribution in [2.24, 2.45) is 0 Å². The van der Waals surface area contributed by atoms with Crippen LogP contribution in [0.3, 0.4) is 0 Å². The van der Waals surface area contributed by atoms with Crippen molar-refractivity contribution in [2.45, 2.75) is 0 Å². The van der Waals surface area contributed by atoms with Gasteiger partial charge in [0.05, 0.1) is 16.2 Å². The monoisotopic (exact) mass is 351 g/mol. The maximum Gasteiger partial charge on any atom is 0.254 e. The summed E-state index contributed by atoms with van der Waals surface area (Å²) in [5.74, 6) is 0.0464. The molecule has 4 rings (SSSR count). The molecule has 0 atom stereocenters. The molecule has 3 heterocycles. The number of fused-ring (bicyclic) bond motifs is 1. The molecule has 1 fully saturated rings. The second-order valence-electron chi connectivity index (χ2n) is 5.90. The van der Waals surface area contributed by atoms with Gasteiger partial charge < -0.3 is 9.80 Å². The Bertz CT molecular complexity index is 908. The molecule has 1 radical (unpaired) electrons. The number of halogens is 1. The first-order valence-corrected chi connectivity index (χ1v) is 8.51. The minimum absolute atomic E-state index is 0.0464. The van der Waals surface area contributed by atoms with Crippen molar-refractivity contribution < 1.29 is 4.79 Å². The fourth-order valence-electron chi connectivity index (χ4n) is 3.12. The lowest BCUT2D eigenvalue weighted by Gasteiger charge is -2.36. The first-order valence-electron chi connectivity index (χ1n) is 8.13. The third kappa shape index (κ3) is 3.03. The zero-order valence-corrected chi connectivity index (χ0v) is 14.3. The molecule has 0 unspecified atom stereocenters. The van der Waals surface area contributed by atoms with Crippen LogP contribution >= 0.6 is 11.6 Å². The van der Waals surface area contributed by atoms with Gasteiger partial charge in [0.25, 0.3) is 5.91 Å². The van der Waals surface area contributed by atoms with E-state index in [9.17, 15) is 4.79 Å². The zero-order chi connectivity index (χ0) is 17.2. The molecule has 2 aromatic heterocycles. The number of rotatable bonds is 2. The zero-order valence-electron chi connectivity index (χ0n) is 13.5. The second kappa shape index (κ2) is 6.69. The SMILES string of the molecule is O=C(c1ccncc1)N1CCN(c2[c]cc(Cl)c3cccnc23)CC1. The molecule has 25 heavy (non-hydrogen) atoms. The van der Waals surface area contributed by atoms with Crippen LogP contribution in [-0.4, -0.2) is 47.0 Å². The Kier molecular flexibility index (Phi) is 4.24. The van der Waals surface area contributed by atoms with Gasteiger partial charge in [-0.3, -0.25) is 14.8 Å². The molecule has 0 saturated carbocycles. The van der Waals surface area contributed by atoms with Gasteiger partial charge in [-0.05, 0) is 30.3 Å². The number of benzene rings is 1. The standard InChI is InChI=1S/C19H16ClN4O/c20-16-3-4-17(18-15(16)2-1-7-22-18)23-10-12-24(13-11-23)19(25)14-5-8-21-9-6-14/h1-3,5-9H,10-13H2. The summed E-state index contributed by atoms with van der Waals surface area (Å²) in [7, 11) is 0. The molecule has 0 spiro atoms. The summed E-state index contributed by atoms with van der Waals surface area (Å²) in [5.41, 5.74) is 2.47. The Morgan fingerprint density at radius 3 is 2.60 bits per heavy atom. The van der Waals surface area contributed by atoms with Gasteiger partial charge in [0.1, 0.15) is 0 Å². The van der Waals surface area contributed by atoms with Gasteiger partial charge in [0.15, 0.2) is 0 Å². The highest BCUT2D eigenvalue weighted by Gasteiger charge is 2.23. The van der Waals surface area contributed by atoms with Gasteiger partial charge in [0.2, 0.25) is 0 Å². The van der Waals surface area contributed by atoms with Crippen LogP contribution in [0.15, 0.2) is 48.9 Å². The Labute approximate surface area is 150 Å². The van der Waals surface area contributed by atoms with E-state index in [4.69, 9.17) is 11.6 Å². The van der Waals surface area contributed by atoms with Crippen LogP contribution in [0.25, 0.3) is 10.9 Å². The third-order valence-electron chi connectivity index (χ3n) is 4.44. The predicted molar refractivity (Wildman–Crippen MR) is 97.9 cm³/mol. The van der Waals surface area contributed by atoms with Crippen LogP contribution in [0.2, 0.25) is 5.02 Å². The molecular formula is C19H16ClN4O. The van der Waals surface area contributed by atoms with Crippen LogP contribution in [0.4, 0.5) is 5.69 Å². The number of amides is 1. The van der Waals surface area contributed by atoms with E-state index >= 15 is 0 Å². The molecule has 5 nitrogen and oxygen atoms in total. The van der Waals surface area contributed by atoms with Crippen LogP contribution in [0, 0.1) is 6.07 Å². The molecule has 0 bridgehead atoms. The maximum atomic E-state index is 12.5. The first-order chi connectivity index (χ1) is 12.2. The van der Waals surface area contributed by atoms with Crippen molar-refractivity contribution in [3.63, 3.8) is 0 Å². The number of nitrogens with zero attached hydrogens (tertiary/aromatic N) is 4. The lowest BCUT2D eigenvalue weighted by molar-refractivity contribution is 0.0746. The molecule has 1 saturated heterocycles. The summed E-state index contributed by atoms with van der Waals surface area (Å²) >= 11 is 6.25. The Hall–Kier alpha value is -2.66. The van der Waals surface area contributed by atoms with Gasteiger partial charge in [-0.2, -0.15) is 0 Å². The van der Waals surface area contributed by atoms with Gasteiger partial charge in [-0.1, -0.05) is 11.6 Å². The van der Waals surface area contributed by atoms with E-state index in [-0.39, 0.29) is 5.91 Å². The van der Waals surface area contributed by atoms with Gasteiger partial charge in [-0.25, -0.2) is 0 Å². The molecule has 1 aliphatic rings. The van der Waals surface area contributed by atoms with Crippen LogP contribution < -0.4 is 4.90 Å². The molecule has 125 valence electrons. The number of anilines is 1. The maximum absolute atomic E-state index is 12.5. The summed E-state index contributed by atoms with van der Waals surface area (Å²) in [6, 6.07) is 12.4. The van der Waals surface area contributed by atoms with Gasteiger partial charge in [-0.15, -0.1) is 0 Å². The van der Waals surface area contributed by atoms with E-state index in [1.54, 1.807) is 36.8 Å². The third-order valence-corrected chi connectivity index (χ3v) is 4.75. The number of piperazine rings is 1. The highest BCUT2D eigenvalue weighted by atomic mass is 35.5. The van der Waals surface area contributed by atoms with Crippen LogP contribution in [-0.2, 0) is 0 Å². The van der Waals surface area contributed by atoms with E-state index < -0.39 is 0 Å². The summed E-state index contributed by atoms with van der Waals surface area (Å²) in [6.45, 7) is 2.79. The number of hydrogen-bond donors (Lipinski definition) is 0. The number of pyridine rings is 2. The summed E-state index contributed by atoms with van der Waals surface area (Å²) in [4.78, 5) is 25.1. The van der Waals surface area contributed by atoms with Crippen molar-refractivity contribution in [3.8, 4) is 0 Å². The smallest absolute Gasteiger partial charge is 0.254 e. The number of carbonyl (C=O) groups excluding carboxylic acids is 1. The molecule has 3 aromatic rings. The summed E-state index contributed by atoms with van der Waals surface area (Å²) < 4.78 is 0. The molecule has 1 aromatic carbocycles. The van der Waals surface area contributed by atoms with Crippen LogP contribution in [0.5, 0.6) is 0 Å². The fourth-order valence-corrected chi connectivity index (χ4v) is 3.32. The van der Waals surface area contributed by atoms with Gasteiger partial charge in [0, 0.05) is 61.8 Å². The number of hydrogen-bond acceptors (Lipinski definition) is 4. The average molecular weight is 352 g/mol. The Balaban J connectivity index is 1.53. The largest absolute Gasteiger partial charge is 0.366 e. The minimum atomic E-state index is 0.0464. The second-order valence-corrected chi connectivity index (χ2v) is 6.31. The van der Waals surface area contributed by atoms with E-state index in [0.29, 0.717) is 23.7 Å². The van der Waals surface area contributed by atoms with Crippen molar-refractivity contribution in [3.05, 3.63) is 65.6 Å². The normalized spacial score (nSPS) is 14.8. The highest BCUT2D eigenvalue weighted by Crippen LogP contribution is 2.30. The van der Waals surface area contributed by atoms with E-state index in [1.165, 1.54) is 0 Å². The van der Waals surface area contributed by atoms with Crippen molar-refractivity contribution >= 4 is 34.1 Å². The van der Waals surface area contributed by atoms with E-state index in [0.717, 1.165) is 29.7 Å². The molecule has 1 amide bonds. The fraction of sp³-hybridized carbons (Fsp3) is 0.211. The highest BCUT2D eigenvalue weighted by molar-refractivity contribution is 6.35. The van der Waals surface area contributed by atoms with Gasteiger partial charge >= 0.3 is 0 Å². The summed E-state index contributed by atoms with van der Waals surface area (Å²) in [6.07, 6.45) is 5.05. The predicted octanol–water partition coefficient (Wildman–Crippen LogP) is 3.05. The van der Waals surface area contributed by atoms with E-state index in [1.807, 2.05) is 17.0 Å². The van der Waals surface area contributed by atoms with Crippen molar-refractivity contribution in [1.29, 1.82) is 0 Å². The molecule has 0 N–H and O–H groups in total. The lowest BCUT2D eigenvalue weighted by atomic mass is 10.1. The Morgan fingerprint density at radius 2 is 1.84 bits per heavy atom. The molecule has 6 heteroatoms. The van der Waals surface area contributed by atoms with Crippen molar-refractivity contribution in [2.75, 3.05) is 31.1 Å². The van der Waals surface area contributed by atoms with Crippen LogP contribution in [0.1, 0.15) is 10.4 Å². The van der Waals surface area contributed by atoms with E-state index in [2.05, 4.69) is 20.9 Å². The summed E-state index contributed by atoms with van der Waals surface area (Å²) in [5, 5.41) is 1.58. The number of aromatic nitrogens is 2. The van der Waals surface area contributed by atoms with Crippen molar-refractivity contribution in [1.82, 2.24) is 14.9 Å². The molecule has 1 aliphatic heterocycles. The lowest BCUT2D eigenvalue weighted by Crippen LogP contribution is -2.48.